The van der Waals surface area contributed by atoms with Crippen LogP contribution in [0.4, 0.5) is 0 Å². The molecule has 1 aliphatic heterocycles. The molecule has 0 saturated carbocycles. The van der Waals surface area contributed by atoms with Gasteiger partial charge in [-0.1, -0.05) is 12.8 Å². The van der Waals surface area contributed by atoms with Gasteiger partial charge < -0.3 is 9.64 Å². The van der Waals surface area contributed by atoms with E-state index in [1.807, 2.05) is 0 Å². The molecule has 2 atom stereocenters. The van der Waals surface area contributed by atoms with Gasteiger partial charge in [-0.15, -0.1) is 11.6 Å². The standard InChI is InChI=1S/C15H30ClNO/c1-13(16)12-14-8-6-5-7-10-17(14)11-9-15(2,3)18-4/h13-14H,5-12H2,1-4H3. The molecule has 0 radical (unpaired) electrons. The van der Waals surface area contributed by atoms with Crippen LogP contribution in [0.2, 0.25) is 0 Å². The van der Waals surface area contributed by atoms with E-state index in [4.69, 9.17) is 16.3 Å². The first-order valence-corrected chi connectivity index (χ1v) is 7.81. The first-order chi connectivity index (χ1) is 8.44. The molecule has 1 fully saturated rings. The molecule has 0 amide bonds. The first-order valence-electron chi connectivity index (χ1n) is 7.38. The summed E-state index contributed by atoms with van der Waals surface area (Å²) in [6.07, 6.45) is 7.59. The van der Waals surface area contributed by atoms with E-state index in [0.29, 0.717) is 6.04 Å². The summed E-state index contributed by atoms with van der Waals surface area (Å²) < 4.78 is 5.52. The highest BCUT2D eigenvalue weighted by atomic mass is 35.5. The minimum absolute atomic E-state index is 0.0105. The minimum Gasteiger partial charge on any atom is -0.379 e. The molecule has 1 saturated heterocycles. The molecular weight excluding hydrogens is 246 g/mol. The largest absolute Gasteiger partial charge is 0.379 e. The van der Waals surface area contributed by atoms with E-state index in [-0.39, 0.29) is 11.0 Å². The van der Waals surface area contributed by atoms with Crippen LogP contribution in [-0.4, -0.2) is 42.1 Å². The quantitative estimate of drug-likeness (QED) is 0.678. The zero-order valence-corrected chi connectivity index (χ0v) is 13.3. The van der Waals surface area contributed by atoms with Crippen molar-refractivity contribution < 1.29 is 4.74 Å². The summed E-state index contributed by atoms with van der Waals surface area (Å²) >= 11 is 6.20. The number of methoxy groups -OCH3 is 1. The predicted molar refractivity (Wildman–Crippen MR) is 79.5 cm³/mol. The van der Waals surface area contributed by atoms with Gasteiger partial charge in [-0.2, -0.15) is 0 Å². The average Bonchev–Trinajstić information content (AvgIpc) is 2.51. The summed E-state index contributed by atoms with van der Waals surface area (Å²) in [5.74, 6) is 0. The highest BCUT2D eigenvalue weighted by Gasteiger charge is 2.25. The van der Waals surface area contributed by atoms with Crippen molar-refractivity contribution >= 4 is 11.6 Å². The normalized spacial score (nSPS) is 24.8. The molecule has 108 valence electrons. The van der Waals surface area contributed by atoms with Gasteiger partial charge in [-0.05, 0) is 53.0 Å². The van der Waals surface area contributed by atoms with Crippen LogP contribution >= 0.6 is 11.6 Å². The second-order valence-electron chi connectivity index (χ2n) is 6.27. The zero-order valence-electron chi connectivity index (χ0n) is 12.5. The molecule has 18 heavy (non-hydrogen) atoms. The summed E-state index contributed by atoms with van der Waals surface area (Å²) in [7, 11) is 1.81. The molecule has 0 N–H and O–H groups in total. The Kier molecular flexibility index (Phi) is 6.97. The molecular formula is C15H30ClNO. The van der Waals surface area contributed by atoms with Crippen molar-refractivity contribution in [3.05, 3.63) is 0 Å². The van der Waals surface area contributed by atoms with Crippen LogP contribution in [0.1, 0.15) is 59.3 Å². The summed E-state index contributed by atoms with van der Waals surface area (Å²) in [5.41, 5.74) is -0.0105. The minimum atomic E-state index is -0.0105. The highest BCUT2D eigenvalue weighted by Crippen LogP contribution is 2.24. The first kappa shape index (κ1) is 16.3. The van der Waals surface area contributed by atoms with Crippen LogP contribution in [0.5, 0.6) is 0 Å². The van der Waals surface area contributed by atoms with Crippen molar-refractivity contribution in [2.24, 2.45) is 0 Å². The zero-order chi connectivity index (χ0) is 13.6. The van der Waals surface area contributed by atoms with E-state index >= 15 is 0 Å². The molecule has 0 aromatic heterocycles. The van der Waals surface area contributed by atoms with Crippen LogP contribution in [0.15, 0.2) is 0 Å². The van der Waals surface area contributed by atoms with Gasteiger partial charge in [-0.3, -0.25) is 0 Å². The van der Waals surface area contributed by atoms with Gasteiger partial charge in [0.2, 0.25) is 0 Å². The highest BCUT2D eigenvalue weighted by molar-refractivity contribution is 6.20. The maximum absolute atomic E-state index is 6.20. The Balaban J connectivity index is 2.51. The fraction of sp³-hybridized carbons (Fsp3) is 1.00. The smallest absolute Gasteiger partial charge is 0.0634 e. The van der Waals surface area contributed by atoms with E-state index in [1.54, 1.807) is 7.11 Å². The maximum atomic E-state index is 6.20. The number of nitrogens with zero attached hydrogens (tertiary/aromatic N) is 1. The summed E-state index contributed by atoms with van der Waals surface area (Å²) in [6.45, 7) is 8.82. The fourth-order valence-electron chi connectivity index (χ4n) is 2.69. The molecule has 0 aliphatic carbocycles. The van der Waals surface area contributed by atoms with Crippen LogP contribution in [-0.2, 0) is 4.74 Å². The third-order valence-electron chi connectivity index (χ3n) is 4.15. The number of hydrogen-bond acceptors (Lipinski definition) is 2. The van der Waals surface area contributed by atoms with Crippen molar-refractivity contribution in [2.45, 2.75) is 76.3 Å². The monoisotopic (exact) mass is 275 g/mol. The van der Waals surface area contributed by atoms with Gasteiger partial charge in [-0.25, -0.2) is 0 Å². The van der Waals surface area contributed by atoms with Crippen molar-refractivity contribution in [3.8, 4) is 0 Å². The van der Waals surface area contributed by atoms with E-state index in [0.717, 1.165) is 19.4 Å². The maximum Gasteiger partial charge on any atom is 0.0634 e. The second-order valence-corrected chi connectivity index (χ2v) is 7.01. The Morgan fingerprint density at radius 3 is 2.67 bits per heavy atom. The van der Waals surface area contributed by atoms with E-state index in [1.165, 1.54) is 32.2 Å². The number of ether oxygens (including phenoxy) is 1. The Labute approximate surface area is 118 Å². The molecule has 0 aromatic carbocycles. The van der Waals surface area contributed by atoms with Crippen LogP contribution < -0.4 is 0 Å². The molecule has 1 aliphatic rings. The summed E-state index contributed by atoms with van der Waals surface area (Å²) in [4.78, 5) is 2.65. The molecule has 0 aromatic rings. The van der Waals surface area contributed by atoms with Gasteiger partial charge >= 0.3 is 0 Å². The van der Waals surface area contributed by atoms with Crippen molar-refractivity contribution in [1.29, 1.82) is 0 Å². The number of hydrogen-bond donors (Lipinski definition) is 0. The van der Waals surface area contributed by atoms with E-state index in [9.17, 15) is 0 Å². The van der Waals surface area contributed by atoms with E-state index < -0.39 is 0 Å². The summed E-state index contributed by atoms with van der Waals surface area (Å²) in [5, 5.41) is 0.283. The third-order valence-corrected chi connectivity index (χ3v) is 4.33. The lowest BCUT2D eigenvalue weighted by molar-refractivity contribution is 0.00371. The number of rotatable bonds is 6. The lowest BCUT2D eigenvalue weighted by Gasteiger charge is -2.33. The van der Waals surface area contributed by atoms with Crippen molar-refractivity contribution in [3.63, 3.8) is 0 Å². The average molecular weight is 276 g/mol. The molecule has 1 heterocycles. The predicted octanol–water partition coefficient (Wildman–Crippen LogP) is 4.06. The SMILES string of the molecule is COC(C)(C)CCN1CCCCCC1CC(C)Cl. The van der Waals surface area contributed by atoms with Crippen molar-refractivity contribution in [2.75, 3.05) is 20.2 Å². The summed E-state index contributed by atoms with van der Waals surface area (Å²) in [6, 6.07) is 0.674. The third kappa shape index (κ3) is 5.90. The van der Waals surface area contributed by atoms with Gasteiger partial charge in [0.1, 0.15) is 0 Å². The Hall–Kier alpha value is 0.210. The van der Waals surface area contributed by atoms with Crippen molar-refractivity contribution in [1.82, 2.24) is 4.90 Å². The van der Waals surface area contributed by atoms with Crippen LogP contribution in [0.25, 0.3) is 0 Å². The van der Waals surface area contributed by atoms with Gasteiger partial charge in [0.05, 0.1) is 5.60 Å². The number of halogens is 1. The molecule has 2 nitrogen and oxygen atoms in total. The fourth-order valence-corrected chi connectivity index (χ4v) is 2.89. The molecule has 0 spiro atoms. The molecule has 1 rings (SSSR count). The molecule has 0 bridgehead atoms. The Morgan fingerprint density at radius 1 is 1.33 bits per heavy atom. The molecule has 3 heteroatoms. The lowest BCUT2D eigenvalue weighted by Crippen LogP contribution is -2.40. The number of alkyl halides is 1. The Morgan fingerprint density at radius 2 is 2.06 bits per heavy atom. The topological polar surface area (TPSA) is 12.5 Å². The number of likely N-dealkylation sites (tertiary alicyclic amines) is 1. The lowest BCUT2D eigenvalue weighted by atomic mass is 10.0. The van der Waals surface area contributed by atoms with E-state index in [2.05, 4.69) is 25.7 Å². The van der Waals surface area contributed by atoms with Crippen LogP contribution in [0.3, 0.4) is 0 Å². The molecule has 2 unspecified atom stereocenters. The van der Waals surface area contributed by atoms with Gasteiger partial charge in [0, 0.05) is 25.1 Å². The van der Waals surface area contributed by atoms with Gasteiger partial charge in [0.25, 0.3) is 0 Å². The van der Waals surface area contributed by atoms with Gasteiger partial charge in [0.15, 0.2) is 0 Å². The van der Waals surface area contributed by atoms with Crippen LogP contribution in [0, 0.1) is 0 Å². The second kappa shape index (κ2) is 7.72. The Bertz CT molecular complexity index is 231.